The molecule has 0 bridgehead atoms. The largest absolute Gasteiger partial charge is 0.309 e. The third-order valence-corrected chi connectivity index (χ3v) is 7.51. The van der Waals surface area contributed by atoms with Crippen molar-refractivity contribution >= 4 is 34.6 Å². The number of nitrogens with zero attached hydrogens (tertiary/aromatic N) is 5. The first-order valence-corrected chi connectivity index (χ1v) is 12.4. The fourth-order valence-corrected chi connectivity index (χ4v) is 6.07. The molecule has 1 aromatic heterocycles. The Morgan fingerprint density at radius 2 is 1.82 bits per heavy atom. The number of hydrogen-bond donors (Lipinski definition) is 0. The van der Waals surface area contributed by atoms with Crippen LogP contribution in [0.3, 0.4) is 0 Å². The van der Waals surface area contributed by atoms with Crippen LogP contribution in [-0.4, -0.2) is 27.7 Å². The van der Waals surface area contributed by atoms with Crippen LogP contribution in [-0.2, 0) is 15.0 Å². The summed E-state index contributed by atoms with van der Waals surface area (Å²) in [4.78, 5) is 42.8. The standard InChI is InChI=1S/C30H21N5O4/c1-2-15-33-24-12-4-3-11-22(24)30(29(33)37)23(19-31)28(32-16-5-6-17-32)34(25-13-8-14-26(36)27(25)30)20-9-7-10-21(18-20)35(38)39/h1,3-7,9-12,16-18H,8,13-15H2/t30-/m1/s1. The second-order valence-electron chi connectivity index (χ2n) is 9.47. The minimum absolute atomic E-state index is 0.0272. The van der Waals surface area contributed by atoms with Gasteiger partial charge in [-0.3, -0.25) is 29.5 Å². The quantitative estimate of drug-likeness (QED) is 0.287. The summed E-state index contributed by atoms with van der Waals surface area (Å²) in [6, 6.07) is 19.0. The second-order valence-corrected chi connectivity index (χ2v) is 9.47. The van der Waals surface area contributed by atoms with Gasteiger partial charge in [0.25, 0.3) is 5.69 Å². The number of allylic oxidation sites excluding steroid dienone is 1. The summed E-state index contributed by atoms with van der Waals surface area (Å²) < 4.78 is 1.71. The first kappa shape index (κ1) is 24.0. The summed E-state index contributed by atoms with van der Waals surface area (Å²) in [6.07, 6.45) is 10.3. The monoisotopic (exact) mass is 515 g/mol. The van der Waals surface area contributed by atoms with E-state index < -0.39 is 16.2 Å². The average Bonchev–Trinajstić information content (AvgIpc) is 3.56. The molecule has 2 aromatic carbocycles. The minimum Gasteiger partial charge on any atom is -0.309 e. The van der Waals surface area contributed by atoms with Gasteiger partial charge in [0, 0.05) is 53.5 Å². The SMILES string of the molecule is C#CCN1C(=O)[C@@]2(C(C#N)=C(n3cccc3)N(c3cccc([N+](=O)[O-])c3)C3=C2C(=O)CCC3)c2ccccc21. The van der Waals surface area contributed by atoms with E-state index in [-0.39, 0.29) is 35.6 Å². The summed E-state index contributed by atoms with van der Waals surface area (Å²) in [7, 11) is 0. The van der Waals surface area contributed by atoms with Crippen LogP contribution in [0.2, 0.25) is 0 Å². The van der Waals surface area contributed by atoms with E-state index in [1.54, 1.807) is 70.4 Å². The molecular formula is C30H21N5O4. The maximum atomic E-state index is 14.5. The molecule has 3 aliphatic rings. The lowest BCUT2D eigenvalue weighted by Gasteiger charge is -2.45. The molecule has 0 radical (unpaired) electrons. The molecule has 6 rings (SSSR count). The Bertz CT molecular complexity index is 1720. The van der Waals surface area contributed by atoms with Crippen molar-refractivity contribution in [2.75, 3.05) is 16.3 Å². The first-order valence-electron chi connectivity index (χ1n) is 12.4. The molecule has 1 atom stereocenters. The van der Waals surface area contributed by atoms with Crippen LogP contribution in [0.25, 0.3) is 5.82 Å². The van der Waals surface area contributed by atoms with Crippen molar-refractivity contribution in [3.8, 4) is 18.4 Å². The summed E-state index contributed by atoms with van der Waals surface area (Å²) in [5.41, 5.74) is 0.469. The molecule has 9 heteroatoms. The van der Waals surface area contributed by atoms with E-state index in [9.17, 15) is 25.0 Å². The number of nitro benzene ring substituents is 1. The van der Waals surface area contributed by atoms with Crippen molar-refractivity contribution in [2.24, 2.45) is 0 Å². The van der Waals surface area contributed by atoms with Gasteiger partial charge in [0.2, 0.25) is 5.91 Å². The molecule has 0 unspecified atom stereocenters. The molecule has 2 aliphatic heterocycles. The Labute approximate surface area is 224 Å². The zero-order valence-corrected chi connectivity index (χ0v) is 20.7. The second kappa shape index (κ2) is 8.86. The number of non-ortho nitro benzene ring substituents is 1. The van der Waals surface area contributed by atoms with Crippen molar-refractivity contribution in [2.45, 2.75) is 24.7 Å². The highest BCUT2D eigenvalue weighted by atomic mass is 16.6. The highest BCUT2D eigenvalue weighted by molar-refractivity contribution is 6.22. The predicted molar refractivity (Wildman–Crippen MR) is 144 cm³/mol. The molecule has 0 N–H and O–H groups in total. The van der Waals surface area contributed by atoms with Crippen LogP contribution in [0.1, 0.15) is 24.8 Å². The average molecular weight is 516 g/mol. The Morgan fingerprint density at radius 3 is 2.54 bits per heavy atom. The fraction of sp³-hybridized carbons (Fsp3) is 0.167. The van der Waals surface area contributed by atoms with Gasteiger partial charge < -0.3 is 4.57 Å². The first-order chi connectivity index (χ1) is 18.9. The number of terminal acetylenes is 1. The lowest BCUT2D eigenvalue weighted by molar-refractivity contribution is -0.384. The number of nitriles is 1. The number of fused-ring (bicyclic) bond motifs is 3. The Kier molecular flexibility index (Phi) is 5.44. The van der Waals surface area contributed by atoms with Crippen LogP contribution < -0.4 is 9.80 Å². The lowest BCUT2D eigenvalue weighted by Crippen LogP contribution is -2.51. The zero-order chi connectivity index (χ0) is 27.3. The number of amides is 1. The summed E-state index contributed by atoms with van der Waals surface area (Å²) >= 11 is 0. The molecule has 0 fully saturated rings. The molecule has 3 aromatic rings. The third-order valence-electron chi connectivity index (χ3n) is 7.51. The smallest absolute Gasteiger partial charge is 0.271 e. The predicted octanol–water partition coefficient (Wildman–Crippen LogP) is 4.53. The zero-order valence-electron chi connectivity index (χ0n) is 20.7. The number of ketones is 1. The number of carbonyl (C=O) groups excluding carboxylic acids is 2. The van der Waals surface area contributed by atoms with Gasteiger partial charge in [0.15, 0.2) is 5.78 Å². The Balaban J connectivity index is 1.77. The van der Waals surface area contributed by atoms with Crippen LogP contribution >= 0.6 is 0 Å². The molecule has 0 saturated carbocycles. The van der Waals surface area contributed by atoms with Crippen molar-refractivity contribution in [1.82, 2.24) is 4.57 Å². The van der Waals surface area contributed by atoms with Crippen molar-refractivity contribution in [3.05, 3.63) is 106 Å². The fourth-order valence-electron chi connectivity index (χ4n) is 6.07. The number of rotatable bonds is 4. The van der Waals surface area contributed by atoms with Crippen LogP contribution in [0.15, 0.2) is 89.9 Å². The molecule has 39 heavy (non-hydrogen) atoms. The van der Waals surface area contributed by atoms with Crippen molar-refractivity contribution < 1.29 is 14.5 Å². The summed E-state index contributed by atoms with van der Waals surface area (Å²) in [5.74, 6) is 2.18. The molecule has 1 aliphatic carbocycles. The van der Waals surface area contributed by atoms with E-state index >= 15 is 0 Å². The number of benzene rings is 2. The van der Waals surface area contributed by atoms with Crippen molar-refractivity contribution in [3.63, 3.8) is 0 Å². The highest BCUT2D eigenvalue weighted by Gasteiger charge is 2.62. The highest BCUT2D eigenvalue weighted by Crippen LogP contribution is 2.58. The van der Waals surface area contributed by atoms with Crippen LogP contribution in [0, 0.1) is 33.8 Å². The van der Waals surface area contributed by atoms with E-state index in [4.69, 9.17) is 6.42 Å². The van der Waals surface area contributed by atoms with Crippen LogP contribution in [0.5, 0.6) is 0 Å². The molecular weight excluding hydrogens is 494 g/mol. The van der Waals surface area contributed by atoms with E-state index in [0.717, 1.165) is 0 Å². The van der Waals surface area contributed by atoms with Gasteiger partial charge in [-0.1, -0.05) is 30.2 Å². The van der Waals surface area contributed by atoms with Gasteiger partial charge in [-0.05, 0) is 37.1 Å². The maximum Gasteiger partial charge on any atom is 0.271 e. The van der Waals surface area contributed by atoms with Crippen LogP contribution in [0.4, 0.5) is 17.1 Å². The van der Waals surface area contributed by atoms with Gasteiger partial charge in [-0.15, -0.1) is 6.42 Å². The molecule has 1 amide bonds. The van der Waals surface area contributed by atoms with Gasteiger partial charge in [-0.25, -0.2) is 0 Å². The normalized spacial score (nSPS) is 20.2. The summed E-state index contributed by atoms with van der Waals surface area (Å²) in [5, 5.41) is 22.5. The molecule has 0 saturated heterocycles. The Hall–Kier alpha value is -5.41. The minimum atomic E-state index is -1.70. The molecule has 1 spiro atoms. The summed E-state index contributed by atoms with van der Waals surface area (Å²) in [6.45, 7) is -0.0272. The number of hydrogen-bond acceptors (Lipinski definition) is 6. The van der Waals surface area contributed by atoms with Crippen molar-refractivity contribution in [1.29, 1.82) is 5.26 Å². The number of nitro groups is 1. The molecule has 3 heterocycles. The Morgan fingerprint density at radius 1 is 1.05 bits per heavy atom. The topological polar surface area (TPSA) is 112 Å². The number of anilines is 2. The van der Waals surface area contributed by atoms with Gasteiger partial charge in [0.1, 0.15) is 17.3 Å². The molecule has 9 nitrogen and oxygen atoms in total. The van der Waals surface area contributed by atoms with E-state index in [1.165, 1.54) is 17.0 Å². The van der Waals surface area contributed by atoms with Gasteiger partial charge in [-0.2, -0.15) is 5.26 Å². The number of aromatic nitrogens is 1. The number of carbonyl (C=O) groups is 2. The molecule has 190 valence electrons. The van der Waals surface area contributed by atoms with E-state index in [1.807, 2.05) is 0 Å². The van der Waals surface area contributed by atoms with Gasteiger partial charge >= 0.3 is 0 Å². The maximum absolute atomic E-state index is 14.5. The lowest BCUT2D eigenvalue weighted by atomic mass is 9.63. The van der Waals surface area contributed by atoms with E-state index in [0.29, 0.717) is 41.3 Å². The third kappa shape index (κ3) is 3.20. The number of Topliss-reactive ketones (excluding diaryl/α,β-unsaturated/α-hetero) is 1. The number of para-hydroxylation sites is 1. The van der Waals surface area contributed by atoms with E-state index in [2.05, 4.69) is 12.0 Å². The van der Waals surface area contributed by atoms with Gasteiger partial charge in [0.05, 0.1) is 22.7 Å².